The van der Waals surface area contributed by atoms with Crippen molar-refractivity contribution in [1.82, 2.24) is 5.43 Å². The fraction of sp³-hybridized carbons (Fsp3) is 0.387. The van der Waals surface area contributed by atoms with Gasteiger partial charge in [-0.3, -0.25) is 10.2 Å². The van der Waals surface area contributed by atoms with Crippen LogP contribution in [0, 0.1) is 11.3 Å². The molecule has 194 valence electrons. The minimum Gasteiger partial charge on any atom is -0.489 e. The maximum atomic E-state index is 11.9. The molecule has 1 aromatic carbocycles. The van der Waals surface area contributed by atoms with Crippen LogP contribution in [0.5, 0.6) is 5.75 Å². The standard InChI is InChI=1S/C31H37N3O3/c1-6-9-27(23-10-13-31(24(19-23)20-32)37-25-14-16-36-17-15-25)26(7-2)21(4)18-22(5)28-11-12-29(34-33-28)30(35)8-3/h6,9-13,18-19,25,28,33H,4,7-8,14-17H2,1-3,5H3/b9-6-,22-18+,27-26+. The van der Waals surface area contributed by atoms with Crippen LogP contribution in [-0.2, 0) is 9.53 Å². The van der Waals surface area contributed by atoms with E-state index in [-0.39, 0.29) is 17.9 Å². The monoisotopic (exact) mass is 499 g/mol. The van der Waals surface area contributed by atoms with Crippen LogP contribution in [0.3, 0.4) is 0 Å². The van der Waals surface area contributed by atoms with Gasteiger partial charge >= 0.3 is 0 Å². The average Bonchev–Trinajstić information content (AvgIpc) is 2.93. The van der Waals surface area contributed by atoms with Gasteiger partial charge < -0.3 is 9.47 Å². The Balaban J connectivity index is 1.88. The lowest BCUT2D eigenvalue weighted by Crippen LogP contribution is -2.30. The quantitative estimate of drug-likeness (QED) is 0.386. The number of ketones is 1. The summed E-state index contributed by atoms with van der Waals surface area (Å²) in [5.74, 6) is 0.628. The molecule has 1 unspecified atom stereocenters. The number of nitrogens with zero attached hydrogens (tertiary/aromatic N) is 2. The van der Waals surface area contributed by atoms with Gasteiger partial charge in [0.05, 0.1) is 24.8 Å². The SMILES string of the molecule is C=C(/C=C(\C)C1C=CC(C(=O)CC)=NN1)/C(CC)=C(\C=C/C)c1ccc(OC2CCOCC2)c(C#N)c1. The number of hydrogen-bond acceptors (Lipinski definition) is 6. The van der Waals surface area contributed by atoms with E-state index in [2.05, 4.69) is 42.3 Å². The van der Waals surface area contributed by atoms with Crippen molar-refractivity contribution in [2.45, 2.75) is 65.5 Å². The lowest BCUT2D eigenvalue weighted by Gasteiger charge is -2.24. The molecule has 0 aromatic heterocycles. The molecule has 1 fully saturated rings. The molecule has 1 N–H and O–H groups in total. The zero-order valence-corrected chi connectivity index (χ0v) is 22.3. The first-order valence-corrected chi connectivity index (χ1v) is 13.0. The Morgan fingerprint density at radius 1 is 1.30 bits per heavy atom. The Labute approximate surface area is 220 Å². The molecule has 0 amide bonds. The van der Waals surface area contributed by atoms with Gasteiger partial charge in [0.2, 0.25) is 0 Å². The van der Waals surface area contributed by atoms with Gasteiger partial charge in [0, 0.05) is 19.3 Å². The number of carbonyl (C=O) groups is 1. The molecule has 0 bridgehead atoms. The largest absolute Gasteiger partial charge is 0.489 e. The smallest absolute Gasteiger partial charge is 0.182 e. The Bertz CT molecular complexity index is 1200. The molecule has 0 radical (unpaired) electrons. The van der Waals surface area contributed by atoms with E-state index in [9.17, 15) is 10.1 Å². The van der Waals surface area contributed by atoms with E-state index in [0.29, 0.717) is 36.7 Å². The third-order valence-electron chi connectivity index (χ3n) is 6.54. The van der Waals surface area contributed by atoms with Crippen molar-refractivity contribution >= 4 is 17.1 Å². The summed E-state index contributed by atoms with van der Waals surface area (Å²) in [7, 11) is 0. The molecule has 3 rings (SSSR count). The normalized spacial score (nSPS) is 19.1. The summed E-state index contributed by atoms with van der Waals surface area (Å²) in [4.78, 5) is 11.9. The molecule has 0 saturated carbocycles. The summed E-state index contributed by atoms with van der Waals surface area (Å²) < 4.78 is 11.6. The van der Waals surface area contributed by atoms with Crippen LogP contribution in [0.15, 0.2) is 77.0 Å². The number of rotatable bonds is 10. The molecule has 2 heterocycles. The number of nitriles is 1. The maximum absolute atomic E-state index is 11.9. The first-order chi connectivity index (χ1) is 17.9. The van der Waals surface area contributed by atoms with Gasteiger partial charge in [-0.2, -0.15) is 10.4 Å². The zero-order chi connectivity index (χ0) is 26.8. The van der Waals surface area contributed by atoms with E-state index in [1.54, 1.807) is 6.08 Å². The lowest BCUT2D eigenvalue weighted by molar-refractivity contribution is -0.112. The van der Waals surface area contributed by atoms with Gasteiger partial charge in [-0.1, -0.05) is 50.8 Å². The number of hydrazone groups is 1. The van der Waals surface area contributed by atoms with E-state index in [4.69, 9.17) is 9.47 Å². The Hall–Kier alpha value is -3.69. The summed E-state index contributed by atoms with van der Waals surface area (Å²) >= 11 is 0. The summed E-state index contributed by atoms with van der Waals surface area (Å²) in [6.45, 7) is 13.7. The number of hydrogen-bond donors (Lipinski definition) is 1. The number of Topliss-reactive ketones (excluding diaryl/α,β-unsaturated/α-hetero) is 1. The van der Waals surface area contributed by atoms with Gasteiger partial charge in [0.1, 0.15) is 23.6 Å². The van der Waals surface area contributed by atoms with Crippen LogP contribution >= 0.6 is 0 Å². The molecular formula is C31H37N3O3. The Morgan fingerprint density at radius 3 is 2.65 bits per heavy atom. The van der Waals surface area contributed by atoms with Crippen molar-refractivity contribution in [3.8, 4) is 11.8 Å². The lowest BCUT2D eigenvalue weighted by atomic mass is 9.90. The fourth-order valence-corrected chi connectivity index (χ4v) is 4.44. The van der Waals surface area contributed by atoms with E-state index < -0.39 is 0 Å². The Morgan fingerprint density at radius 2 is 2.05 bits per heavy atom. The van der Waals surface area contributed by atoms with Crippen LogP contribution in [0.25, 0.3) is 5.57 Å². The average molecular weight is 500 g/mol. The van der Waals surface area contributed by atoms with Gasteiger partial charge in [-0.05, 0) is 66.3 Å². The minimum absolute atomic E-state index is 0.0151. The van der Waals surface area contributed by atoms with Crippen molar-refractivity contribution in [3.63, 3.8) is 0 Å². The van der Waals surface area contributed by atoms with Crippen LogP contribution in [-0.4, -0.2) is 36.9 Å². The summed E-state index contributed by atoms with van der Waals surface area (Å²) in [6.07, 6.45) is 12.8. The van der Waals surface area contributed by atoms with Crippen LogP contribution < -0.4 is 10.2 Å². The van der Waals surface area contributed by atoms with Crippen molar-refractivity contribution in [1.29, 1.82) is 5.26 Å². The highest BCUT2D eigenvalue weighted by Crippen LogP contribution is 2.32. The second-order valence-electron chi connectivity index (χ2n) is 9.15. The highest BCUT2D eigenvalue weighted by atomic mass is 16.5. The van der Waals surface area contributed by atoms with Crippen molar-refractivity contribution in [2.24, 2.45) is 5.10 Å². The third-order valence-corrected chi connectivity index (χ3v) is 6.54. The third kappa shape index (κ3) is 7.18. The van der Waals surface area contributed by atoms with Crippen LogP contribution in [0.2, 0.25) is 0 Å². The summed E-state index contributed by atoms with van der Waals surface area (Å²) in [5, 5.41) is 14.1. The minimum atomic E-state index is -0.111. The van der Waals surface area contributed by atoms with Crippen molar-refractivity contribution < 1.29 is 14.3 Å². The number of ether oxygens (including phenoxy) is 2. The molecule has 1 atom stereocenters. The fourth-order valence-electron chi connectivity index (χ4n) is 4.44. The molecule has 1 aromatic rings. The number of nitrogens with one attached hydrogen (secondary N) is 1. The maximum Gasteiger partial charge on any atom is 0.182 e. The summed E-state index contributed by atoms with van der Waals surface area (Å²) in [5.41, 5.74) is 9.03. The molecule has 2 aliphatic rings. The van der Waals surface area contributed by atoms with E-state index >= 15 is 0 Å². The molecule has 2 aliphatic heterocycles. The molecule has 37 heavy (non-hydrogen) atoms. The molecular weight excluding hydrogens is 462 g/mol. The van der Waals surface area contributed by atoms with Crippen molar-refractivity contribution in [3.05, 3.63) is 83.0 Å². The van der Waals surface area contributed by atoms with Gasteiger partial charge in [0.15, 0.2) is 5.78 Å². The first-order valence-electron chi connectivity index (χ1n) is 13.0. The van der Waals surface area contributed by atoms with Gasteiger partial charge in [-0.25, -0.2) is 0 Å². The number of benzene rings is 1. The van der Waals surface area contributed by atoms with Gasteiger partial charge in [-0.15, -0.1) is 0 Å². The number of allylic oxidation sites excluding steroid dienone is 7. The molecule has 0 aliphatic carbocycles. The molecule has 1 saturated heterocycles. The predicted molar refractivity (Wildman–Crippen MR) is 149 cm³/mol. The molecule has 6 nitrogen and oxygen atoms in total. The van der Waals surface area contributed by atoms with Crippen LogP contribution in [0.1, 0.15) is 64.5 Å². The predicted octanol–water partition coefficient (Wildman–Crippen LogP) is 6.22. The number of carbonyl (C=O) groups excluding carboxylic acids is 1. The first kappa shape index (κ1) is 27.9. The topological polar surface area (TPSA) is 83.7 Å². The molecule has 6 heteroatoms. The van der Waals surface area contributed by atoms with E-state index in [1.807, 2.05) is 51.1 Å². The second kappa shape index (κ2) is 13.6. The highest BCUT2D eigenvalue weighted by molar-refractivity contribution is 6.44. The highest BCUT2D eigenvalue weighted by Gasteiger charge is 2.19. The molecule has 0 spiro atoms. The van der Waals surface area contributed by atoms with E-state index in [0.717, 1.165) is 47.1 Å². The zero-order valence-electron chi connectivity index (χ0n) is 22.3. The summed E-state index contributed by atoms with van der Waals surface area (Å²) in [6, 6.07) is 8.01. The van der Waals surface area contributed by atoms with Crippen LogP contribution in [0.4, 0.5) is 0 Å². The van der Waals surface area contributed by atoms with Crippen molar-refractivity contribution in [2.75, 3.05) is 13.2 Å². The second-order valence-corrected chi connectivity index (χ2v) is 9.15. The van der Waals surface area contributed by atoms with E-state index in [1.165, 1.54) is 0 Å². The Kier molecular flexibility index (Phi) is 10.2. The van der Waals surface area contributed by atoms with Gasteiger partial charge in [0.25, 0.3) is 0 Å².